The molecule has 0 bridgehead atoms. The van der Waals surface area contributed by atoms with E-state index in [0.717, 1.165) is 32.0 Å². The van der Waals surface area contributed by atoms with Crippen molar-refractivity contribution in [1.29, 1.82) is 0 Å². The maximum Gasteiger partial charge on any atom is 0.416 e. The van der Waals surface area contributed by atoms with Gasteiger partial charge in [0.05, 0.1) is 12.0 Å². The Labute approximate surface area is 134 Å². The summed E-state index contributed by atoms with van der Waals surface area (Å²) < 4.78 is 38.5. The normalized spacial score (nSPS) is 18.4. The molecule has 22 heavy (non-hydrogen) atoms. The summed E-state index contributed by atoms with van der Waals surface area (Å²) in [5.41, 5.74) is -0.719. The van der Waals surface area contributed by atoms with Gasteiger partial charge < -0.3 is 10.6 Å². The van der Waals surface area contributed by atoms with Gasteiger partial charge in [-0.25, -0.2) is 0 Å². The highest BCUT2D eigenvalue weighted by atomic mass is 35.5. The molecule has 0 spiro atoms. The first-order valence-corrected chi connectivity index (χ1v) is 7.09. The summed E-state index contributed by atoms with van der Waals surface area (Å²) in [7, 11) is 0. The predicted molar refractivity (Wildman–Crippen MR) is 81.0 cm³/mol. The van der Waals surface area contributed by atoms with Crippen molar-refractivity contribution in [3.05, 3.63) is 35.4 Å². The molecule has 0 radical (unpaired) electrons. The van der Waals surface area contributed by atoms with Crippen molar-refractivity contribution in [2.45, 2.75) is 25.4 Å². The number of benzene rings is 1. The maximum absolute atomic E-state index is 12.8. The van der Waals surface area contributed by atoms with Gasteiger partial charge in [-0.3, -0.25) is 4.79 Å². The largest absolute Gasteiger partial charge is 0.416 e. The van der Waals surface area contributed by atoms with Crippen LogP contribution in [0.1, 0.15) is 24.0 Å². The van der Waals surface area contributed by atoms with E-state index in [9.17, 15) is 18.0 Å². The number of hydrogen-bond acceptors (Lipinski definition) is 2. The molecule has 124 valence electrons. The molecule has 1 fully saturated rings. The van der Waals surface area contributed by atoms with Gasteiger partial charge in [0.25, 0.3) is 0 Å². The molecule has 0 saturated carbocycles. The first-order chi connectivity index (χ1) is 9.97. The van der Waals surface area contributed by atoms with Gasteiger partial charge in [0.15, 0.2) is 0 Å². The van der Waals surface area contributed by atoms with Crippen LogP contribution in [0.4, 0.5) is 13.2 Å². The molecule has 1 saturated heterocycles. The fourth-order valence-corrected chi connectivity index (χ4v) is 2.54. The Morgan fingerprint density at radius 3 is 2.68 bits per heavy atom. The van der Waals surface area contributed by atoms with Gasteiger partial charge in [0.1, 0.15) is 0 Å². The summed E-state index contributed by atoms with van der Waals surface area (Å²) >= 11 is 0. The maximum atomic E-state index is 12.8. The number of rotatable bonds is 4. The quantitative estimate of drug-likeness (QED) is 0.887. The third-order valence-electron chi connectivity index (χ3n) is 3.66. The number of nitrogens with one attached hydrogen (secondary N) is 2. The van der Waals surface area contributed by atoms with E-state index >= 15 is 0 Å². The van der Waals surface area contributed by atoms with Crippen molar-refractivity contribution < 1.29 is 18.0 Å². The smallest absolute Gasteiger partial charge is 0.355 e. The van der Waals surface area contributed by atoms with Gasteiger partial charge in [-0.15, -0.1) is 12.4 Å². The lowest BCUT2D eigenvalue weighted by atomic mass is 9.99. The van der Waals surface area contributed by atoms with E-state index < -0.39 is 11.7 Å². The summed E-state index contributed by atoms with van der Waals surface area (Å²) in [5.74, 6) is -0.00201. The molecule has 0 aliphatic carbocycles. The summed E-state index contributed by atoms with van der Waals surface area (Å²) in [4.78, 5) is 11.8. The molecule has 1 aliphatic heterocycles. The highest BCUT2D eigenvalue weighted by molar-refractivity contribution is 5.85. The second-order valence-corrected chi connectivity index (χ2v) is 5.35. The Hall–Kier alpha value is -1.27. The second-order valence-electron chi connectivity index (χ2n) is 5.35. The molecule has 2 rings (SSSR count). The summed E-state index contributed by atoms with van der Waals surface area (Å²) in [6, 6.07) is 5.21. The van der Waals surface area contributed by atoms with Crippen molar-refractivity contribution in [2.75, 3.05) is 19.6 Å². The van der Waals surface area contributed by atoms with Crippen LogP contribution in [0.3, 0.4) is 0 Å². The van der Waals surface area contributed by atoms with Crippen molar-refractivity contribution in [3.63, 3.8) is 0 Å². The van der Waals surface area contributed by atoms with Crippen molar-refractivity contribution in [1.82, 2.24) is 10.6 Å². The number of halogens is 4. The lowest BCUT2D eigenvalue weighted by Crippen LogP contribution is -2.38. The van der Waals surface area contributed by atoms with Crippen LogP contribution in [0.25, 0.3) is 0 Å². The Morgan fingerprint density at radius 2 is 2.05 bits per heavy atom. The number of alkyl halides is 3. The number of carbonyl (C=O) groups excluding carboxylic acids is 1. The molecule has 3 nitrogen and oxygen atoms in total. The number of hydrogen-bond donors (Lipinski definition) is 2. The van der Waals surface area contributed by atoms with Crippen LogP contribution < -0.4 is 10.6 Å². The zero-order chi connectivity index (χ0) is 15.3. The monoisotopic (exact) mass is 336 g/mol. The molecule has 7 heteroatoms. The van der Waals surface area contributed by atoms with Crippen molar-refractivity contribution in [3.8, 4) is 0 Å². The average Bonchev–Trinajstić information content (AvgIpc) is 2.46. The fourth-order valence-electron chi connectivity index (χ4n) is 2.54. The Kier molecular flexibility index (Phi) is 7.16. The Balaban J connectivity index is 0.00000242. The first kappa shape index (κ1) is 18.8. The van der Waals surface area contributed by atoms with E-state index in [0.29, 0.717) is 12.5 Å². The highest BCUT2D eigenvalue weighted by Crippen LogP contribution is 2.31. The van der Waals surface area contributed by atoms with E-state index in [4.69, 9.17) is 0 Å². The molecule has 1 aromatic carbocycles. The molecule has 1 unspecified atom stereocenters. The molecule has 2 N–H and O–H groups in total. The van der Waals surface area contributed by atoms with Gasteiger partial charge in [0, 0.05) is 6.54 Å². The van der Waals surface area contributed by atoms with Crippen LogP contribution in [0.15, 0.2) is 24.3 Å². The molecule has 1 aliphatic rings. The number of amides is 1. The van der Waals surface area contributed by atoms with E-state index in [1.54, 1.807) is 0 Å². The van der Waals surface area contributed by atoms with Crippen LogP contribution >= 0.6 is 12.4 Å². The molecule has 1 heterocycles. The number of carbonyl (C=O) groups is 1. The minimum atomic E-state index is -4.43. The molecule has 1 atom stereocenters. The van der Waals surface area contributed by atoms with Crippen LogP contribution in [0, 0.1) is 5.92 Å². The highest BCUT2D eigenvalue weighted by Gasteiger charge is 2.33. The standard InChI is InChI=1S/C15H19F3N2O.ClH/c16-15(17,18)13-6-2-1-5-12(13)8-14(21)20-10-11-4-3-7-19-9-11;/h1-2,5-6,11,19H,3-4,7-10H2,(H,20,21);1H. The average molecular weight is 337 g/mol. The van der Waals surface area contributed by atoms with Crippen LogP contribution in [0.5, 0.6) is 0 Å². The van der Waals surface area contributed by atoms with Crippen LogP contribution in [-0.2, 0) is 17.4 Å². The summed E-state index contributed by atoms with van der Waals surface area (Å²) in [6.07, 6.45) is -2.57. The summed E-state index contributed by atoms with van der Waals surface area (Å²) in [5, 5.41) is 5.97. The molecular formula is C15H20ClF3N2O. The van der Waals surface area contributed by atoms with Crippen LogP contribution in [0.2, 0.25) is 0 Å². The Morgan fingerprint density at radius 1 is 1.32 bits per heavy atom. The molecule has 1 aromatic rings. The lowest BCUT2D eigenvalue weighted by Gasteiger charge is -2.23. The summed E-state index contributed by atoms with van der Waals surface area (Å²) in [6.45, 7) is 2.35. The predicted octanol–water partition coefficient (Wildman–Crippen LogP) is 2.79. The SMILES string of the molecule is Cl.O=C(Cc1ccccc1C(F)(F)F)NCC1CCCNC1. The molecule has 0 aromatic heterocycles. The minimum absolute atomic E-state index is 0. The lowest BCUT2D eigenvalue weighted by molar-refractivity contribution is -0.138. The van der Waals surface area contributed by atoms with Crippen molar-refractivity contribution >= 4 is 18.3 Å². The van der Waals surface area contributed by atoms with Crippen molar-refractivity contribution in [2.24, 2.45) is 5.92 Å². The number of piperidine rings is 1. The van der Waals surface area contributed by atoms with Gasteiger partial charge in [-0.1, -0.05) is 18.2 Å². The van der Waals surface area contributed by atoms with Gasteiger partial charge in [0.2, 0.25) is 5.91 Å². The van der Waals surface area contributed by atoms with Crippen LogP contribution in [-0.4, -0.2) is 25.5 Å². The zero-order valence-electron chi connectivity index (χ0n) is 12.1. The van der Waals surface area contributed by atoms with Gasteiger partial charge >= 0.3 is 6.18 Å². The topological polar surface area (TPSA) is 41.1 Å². The molecule has 1 amide bonds. The van der Waals surface area contributed by atoms with E-state index in [-0.39, 0.29) is 30.3 Å². The van der Waals surface area contributed by atoms with E-state index in [2.05, 4.69) is 10.6 Å². The van der Waals surface area contributed by atoms with E-state index in [1.165, 1.54) is 18.2 Å². The van der Waals surface area contributed by atoms with Gasteiger partial charge in [-0.05, 0) is 43.5 Å². The van der Waals surface area contributed by atoms with E-state index in [1.807, 2.05) is 0 Å². The first-order valence-electron chi connectivity index (χ1n) is 7.09. The zero-order valence-corrected chi connectivity index (χ0v) is 12.9. The second kappa shape index (κ2) is 8.39. The Bertz CT molecular complexity index is 488. The molecular weight excluding hydrogens is 317 g/mol. The third-order valence-corrected chi connectivity index (χ3v) is 3.66. The fraction of sp³-hybridized carbons (Fsp3) is 0.533. The third kappa shape index (κ3) is 5.50. The minimum Gasteiger partial charge on any atom is -0.355 e. The van der Waals surface area contributed by atoms with Gasteiger partial charge in [-0.2, -0.15) is 13.2 Å².